The summed E-state index contributed by atoms with van der Waals surface area (Å²) in [5, 5.41) is 8.29. The monoisotopic (exact) mass is 526 g/mol. The van der Waals surface area contributed by atoms with E-state index in [1.54, 1.807) is 43.3 Å². The number of rotatable bonds is 9. The van der Waals surface area contributed by atoms with Crippen molar-refractivity contribution in [3.63, 3.8) is 0 Å². The van der Waals surface area contributed by atoms with Crippen molar-refractivity contribution in [3.8, 4) is 5.75 Å². The van der Waals surface area contributed by atoms with E-state index in [2.05, 4.69) is 9.97 Å². The van der Waals surface area contributed by atoms with Crippen molar-refractivity contribution in [1.29, 1.82) is 0 Å². The van der Waals surface area contributed by atoms with Crippen LogP contribution in [0.15, 0.2) is 48.9 Å². The Labute approximate surface area is 205 Å². The van der Waals surface area contributed by atoms with E-state index in [0.29, 0.717) is 5.39 Å². The van der Waals surface area contributed by atoms with Crippen LogP contribution in [0.1, 0.15) is 20.1 Å². The van der Waals surface area contributed by atoms with E-state index in [4.69, 9.17) is 31.1 Å². The molecule has 0 saturated carbocycles. The number of nitrogens with two attached hydrogens (primary N) is 1. The van der Waals surface area contributed by atoms with E-state index in [9.17, 15) is 14.5 Å². The summed E-state index contributed by atoms with van der Waals surface area (Å²) < 4.78 is 47.3. The Kier molecular flexibility index (Phi) is 7.17. The first-order chi connectivity index (χ1) is 16.5. The molecule has 0 aliphatic carbocycles. The zero-order chi connectivity index (χ0) is 25.4. The van der Waals surface area contributed by atoms with Crippen LogP contribution in [0.4, 0.5) is 10.2 Å². The summed E-state index contributed by atoms with van der Waals surface area (Å²) in [5.74, 6) is -0.376. The molecule has 0 amide bonds. The van der Waals surface area contributed by atoms with Crippen molar-refractivity contribution >= 4 is 41.8 Å². The Morgan fingerprint density at radius 1 is 1.37 bits per heavy atom. The lowest BCUT2D eigenvalue weighted by molar-refractivity contribution is -0.119. The number of aliphatic hydroxyl groups is 1. The van der Waals surface area contributed by atoms with Gasteiger partial charge in [0.1, 0.15) is 41.5 Å². The maximum absolute atomic E-state index is 15.5. The van der Waals surface area contributed by atoms with Crippen LogP contribution < -0.4 is 10.3 Å². The summed E-state index contributed by atoms with van der Waals surface area (Å²) in [7, 11) is -3.92. The van der Waals surface area contributed by atoms with Crippen molar-refractivity contribution < 1.29 is 32.6 Å². The average molecular weight is 527 g/mol. The molecular weight excluding hydrogens is 502 g/mol. The fourth-order valence-electron chi connectivity index (χ4n) is 3.70. The number of hydrogen-bond acceptors (Lipinski definition) is 9. The number of fused-ring (bicyclic) bond motifs is 1. The van der Waals surface area contributed by atoms with Crippen molar-refractivity contribution in [2.75, 3.05) is 18.5 Å². The van der Waals surface area contributed by atoms with Gasteiger partial charge in [0.15, 0.2) is 6.23 Å². The number of nitrogens with zero attached hydrogens (tertiary/aromatic N) is 3. The molecule has 6 atom stereocenters. The van der Waals surface area contributed by atoms with Crippen molar-refractivity contribution in [2.24, 2.45) is 5.92 Å². The van der Waals surface area contributed by atoms with Gasteiger partial charge in [0.2, 0.25) is 0 Å². The lowest BCUT2D eigenvalue weighted by Crippen LogP contribution is -2.38. The van der Waals surface area contributed by atoms with Gasteiger partial charge < -0.3 is 24.7 Å². The second-order valence-corrected chi connectivity index (χ2v) is 11.0. The maximum atomic E-state index is 15.5. The summed E-state index contributed by atoms with van der Waals surface area (Å²) in [5.41, 5.74) is 6.10. The number of benzene rings is 1. The van der Waals surface area contributed by atoms with Crippen LogP contribution in [0, 0.1) is 5.92 Å². The molecule has 35 heavy (non-hydrogen) atoms. The number of ether oxygens (including phenoxy) is 1. The van der Waals surface area contributed by atoms with Gasteiger partial charge >= 0.3 is 7.60 Å². The zero-order valence-electron chi connectivity index (χ0n) is 19.0. The molecule has 3 aromatic rings. The second kappa shape index (κ2) is 9.83. The SMILES string of the molecule is CC(=O)[C@H](C)CP(=O)(OC[C@H]1O[C@@H](n2ccc3c(N)ncnc32)[C@@](F)(Cl)C1O)Oc1ccccc1. The number of carbonyl (C=O) groups excluding carboxylic acids is 1. The number of halogens is 2. The van der Waals surface area contributed by atoms with E-state index in [1.807, 2.05) is 0 Å². The molecule has 3 heterocycles. The van der Waals surface area contributed by atoms with E-state index >= 15 is 4.39 Å². The second-order valence-electron chi connectivity index (χ2n) is 8.37. The number of alkyl halides is 2. The number of aliphatic hydroxyl groups excluding tert-OH is 1. The van der Waals surface area contributed by atoms with Gasteiger partial charge in [-0.3, -0.25) is 9.32 Å². The van der Waals surface area contributed by atoms with E-state index < -0.39 is 43.7 Å². The first kappa shape index (κ1) is 25.5. The molecule has 0 spiro atoms. The van der Waals surface area contributed by atoms with Crippen LogP contribution in [0.25, 0.3) is 11.0 Å². The number of anilines is 1. The molecular formula is C22H25ClFN4O6P. The third kappa shape index (κ3) is 5.19. The summed E-state index contributed by atoms with van der Waals surface area (Å²) in [6, 6.07) is 9.87. The Bertz CT molecular complexity index is 1260. The molecule has 1 aromatic carbocycles. The van der Waals surface area contributed by atoms with Crippen LogP contribution in [-0.2, 0) is 18.6 Å². The zero-order valence-corrected chi connectivity index (χ0v) is 20.6. The number of aromatic nitrogens is 3. The topological polar surface area (TPSA) is 139 Å². The highest BCUT2D eigenvalue weighted by atomic mass is 35.5. The number of para-hydroxylation sites is 1. The minimum atomic E-state index is -3.92. The molecule has 1 aliphatic heterocycles. The largest absolute Gasteiger partial charge is 0.424 e. The average Bonchev–Trinajstić information content (AvgIpc) is 3.32. The fourth-order valence-corrected chi connectivity index (χ4v) is 5.97. The molecule has 4 rings (SSSR count). The molecule has 3 N–H and O–H groups in total. The highest BCUT2D eigenvalue weighted by Crippen LogP contribution is 2.52. The lowest BCUT2D eigenvalue weighted by Gasteiger charge is -2.24. The van der Waals surface area contributed by atoms with Crippen molar-refractivity contribution in [3.05, 3.63) is 48.9 Å². The normalized spacial score (nSPS) is 26.9. The minimum Gasteiger partial charge on any atom is -0.424 e. The molecule has 0 radical (unpaired) electrons. The Balaban J connectivity index is 1.55. The van der Waals surface area contributed by atoms with Gasteiger partial charge in [-0.2, -0.15) is 0 Å². The standard InChI is InChI=1S/C22H25ClFN4O6P/c1-13(14(2)29)11-35(31,34-15-6-4-3-5-7-15)32-10-17-18(30)22(23,24)21(33-17)28-9-8-16-19(25)26-12-27-20(16)28/h3-9,12-13,17-18,21,30H,10-11H2,1-2H3,(H2,25,26,27)/t13-,17-,18?,21-,22-,35?/m1/s1. The van der Waals surface area contributed by atoms with Gasteiger partial charge in [0, 0.05) is 12.1 Å². The molecule has 2 unspecified atom stereocenters. The molecule has 1 saturated heterocycles. The third-order valence-corrected chi connectivity index (χ3v) is 8.22. The van der Waals surface area contributed by atoms with Crippen LogP contribution in [0.5, 0.6) is 5.75 Å². The smallest absolute Gasteiger partial charge is 0.379 e. The highest BCUT2D eigenvalue weighted by Gasteiger charge is 2.58. The lowest BCUT2D eigenvalue weighted by atomic mass is 10.1. The van der Waals surface area contributed by atoms with Gasteiger partial charge in [-0.05, 0) is 25.1 Å². The third-order valence-electron chi connectivity index (χ3n) is 5.79. The molecule has 0 bridgehead atoms. The van der Waals surface area contributed by atoms with Gasteiger partial charge in [0.05, 0.1) is 18.2 Å². The van der Waals surface area contributed by atoms with Gasteiger partial charge in [-0.25, -0.2) is 18.9 Å². The quantitative estimate of drug-likeness (QED) is 0.315. The molecule has 2 aromatic heterocycles. The highest BCUT2D eigenvalue weighted by molar-refractivity contribution is 7.54. The summed E-state index contributed by atoms with van der Waals surface area (Å²) in [6.07, 6.45) is -2.19. The Hall–Kier alpha value is -2.56. The summed E-state index contributed by atoms with van der Waals surface area (Å²) in [4.78, 5) is 19.8. The van der Waals surface area contributed by atoms with Gasteiger partial charge in [-0.15, -0.1) is 0 Å². The van der Waals surface area contributed by atoms with Crippen LogP contribution in [-0.4, -0.2) is 55.5 Å². The van der Waals surface area contributed by atoms with Gasteiger partial charge in [-0.1, -0.05) is 36.7 Å². The first-order valence-electron chi connectivity index (χ1n) is 10.8. The summed E-state index contributed by atoms with van der Waals surface area (Å²) in [6.45, 7) is 2.45. The van der Waals surface area contributed by atoms with Crippen molar-refractivity contribution in [2.45, 2.75) is 37.4 Å². The van der Waals surface area contributed by atoms with Crippen LogP contribution in [0.2, 0.25) is 0 Å². The molecule has 13 heteroatoms. The predicted molar refractivity (Wildman–Crippen MR) is 127 cm³/mol. The summed E-state index contributed by atoms with van der Waals surface area (Å²) >= 11 is 6.08. The van der Waals surface area contributed by atoms with E-state index in [0.717, 1.165) is 0 Å². The molecule has 1 fully saturated rings. The van der Waals surface area contributed by atoms with Gasteiger partial charge in [0.25, 0.3) is 5.13 Å². The van der Waals surface area contributed by atoms with Crippen LogP contribution in [0.3, 0.4) is 0 Å². The van der Waals surface area contributed by atoms with Crippen LogP contribution >= 0.6 is 19.2 Å². The maximum Gasteiger partial charge on any atom is 0.379 e. The van der Waals surface area contributed by atoms with E-state index in [-0.39, 0.29) is 29.2 Å². The first-order valence-corrected chi connectivity index (χ1v) is 12.9. The minimum absolute atomic E-state index is 0.185. The number of carbonyl (C=O) groups is 1. The molecule has 10 nitrogen and oxygen atoms in total. The molecule has 188 valence electrons. The number of Topliss-reactive ketones (excluding diaryl/α,β-unsaturated/α-hetero) is 1. The number of hydrogen-bond donors (Lipinski definition) is 2. The predicted octanol–water partition coefficient (Wildman–Crippen LogP) is 3.69. The molecule has 1 aliphatic rings. The number of nitrogen functional groups attached to an aromatic ring is 1. The fraction of sp³-hybridized carbons (Fsp3) is 0.409. The number of ketones is 1. The Morgan fingerprint density at radius 2 is 2.09 bits per heavy atom. The van der Waals surface area contributed by atoms with Crippen molar-refractivity contribution in [1.82, 2.24) is 14.5 Å². The Morgan fingerprint density at radius 3 is 2.77 bits per heavy atom. The van der Waals surface area contributed by atoms with E-state index in [1.165, 1.54) is 24.0 Å².